The van der Waals surface area contributed by atoms with Crippen LogP contribution < -0.4 is 0 Å². The van der Waals surface area contributed by atoms with Crippen molar-refractivity contribution in [3.63, 3.8) is 0 Å². The van der Waals surface area contributed by atoms with Crippen LogP contribution in [-0.4, -0.2) is 9.55 Å². The van der Waals surface area contributed by atoms with Gasteiger partial charge in [-0.2, -0.15) is 0 Å². The predicted molar refractivity (Wildman–Crippen MR) is 78.4 cm³/mol. The van der Waals surface area contributed by atoms with Crippen LogP contribution in [0.1, 0.15) is 12.5 Å². The number of benzene rings is 2. The molecule has 0 fully saturated rings. The highest BCUT2D eigenvalue weighted by atomic mass is 15.1. The Bertz CT molecular complexity index is 668. The molecule has 0 aliphatic carbocycles. The summed E-state index contributed by atoms with van der Waals surface area (Å²) in [7, 11) is 0. The quantitative estimate of drug-likeness (QED) is 0.682. The highest BCUT2D eigenvalue weighted by Gasteiger charge is 2.09. The number of hydrogen-bond donors (Lipinski definition) is 0. The van der Waals surface area contributed by atoms with E-state index in [9.17, 15) is 0 Å². The maximum Gasteiger partial charge on any atom is 0.144 e. The van der Waals surface area contributed by atoms with E-state index in [-0.39, 0.29) is 0 Å². The lowest BCUT2D eigenvalue weighted by Crippen LogP contribution is -2.00. The standard InChI is InChI=1S/C17H16N2/c1-2-14-8-6-7-11-16(14)19-13-12-18-17(19)15-9-4-3-5-10-15/h3-13H,2H2,1H3. The van der Waals surface area contributed by atoms with E-state index in [0.29, 0.717) is 0 Å². The van der Waals surface area contributed by atoms with Crippen LogP contribution >= 0.6 is 0 Å². The molecule has 0 bridgehead atoms. The maximum atomic E-state index is 4.50. The van der Waals surface area contributed by atoms with Crippen LogP contribution in [0.5, 0.6) is 0 Å². The second kappa shape index (κ2) is 5.11. The molecule has 0 radical (unpaired) electrons. The summed E-state index contributed by atoms with van der Waals surface area (Å²) in [6.45, 7) is 2.18. The van der Waals surface area contributed by atoms with Crippen LogP contribution in [0, 0.1) is 0 Å². The van der Waals surface area contributed by atoms with Gasteiger partial charge in [-0.3, -0.25) is 4.57 Å². The number of imidazole rings is 1. The molecule has 0 aliphatic rings. The summed E-state index contributed by atoms with van der Waals surface area (Å²) in [4.78, 5) is 4.50. The van der Waals surface area contributed by atoms with E-state index in [0.717, 1.165) is 17.8 Å². The first kappa shape index (κ1) is 11.7. The summed E-state index contributed by atoms with van der Waals surface area (Å²) in [6.07, 6.45) is 4.90. The highest BCUT2D eigenvalue weighted by molar-refractivity contribution is 5.59. The molecule has 2 aromatic carbocycles. The second-order valence-electron chi connectivity index (χ2n) is 4.47. The summed E-state index contributed by atoms with van der Waals surface area (Å²) < 4.78 is 2.16. The van der Waals surface area contributed by atoms with Gasteiger partial charge in [0, 0.05) is 18.0 Å². The van der Waals surface area contributed by atoms with Gasteiger partial charge in [0.2, 0.25) is 0 Å². The lowest BCUT2D eigenvalue weighted by molar-refractivity contribution is 1.01. The molecule has 94 valence electrons. The fraction of sp³-hybridized carbons (Fsp3) is 0.118. The number of aryl methyl sites for hydroxylation is 1. The van der Waals surface area contributed by atoms with Crippen molar-refractivity contribution in [2.24, 2.45) is 0 Å². The molecule has 3 aromatic rings. The lowest BCUT2D eigenvalue weighted by atomic mass is 10.1. The van der Waals surface area contributed by atoms with Gasteiger partial charge in [0.25, 0.3) is 0 Å². The molecule has 0 aliphatic heterocycles. The van der Waals surface area contributed by atoms with Gasteiger partial charge < -0.3 is 0 Å². The Labute approximate surface area is 113 Å². The first-order valence-corrected chi connectivity index (χ1v) is 6.57. The van der Waals surface area contributed by atoms with Crippen molar-refractivity contribution in [2.45, 2.75) is 13.3 Å². The van der Waals surface area contributed by atoms with Crippen LogP contribution in [0.15, 0.2) is 67.0 Å². The predicted octanol–water partition coefficient (Wildman–Crippen LogP) is 4.10. The average molecular weight is 248 g/mol. The van der Waals surface area contributed by atoms with Crippen molar-refractivity contribution in [1.29, 1.82) is 0 Å². The normalized spacial score (nSPS) is 10.6. The molecule has 0 amide bonds. The Kier molecular flexibility index (Phi) is 3.15. The Balaban J connectivity index is 2.15. The molecule has 0 saturated heterocycles. The van der Waals surface area contributed by atoms with E-state index in [1.807, 2.05) is 30.6 Å². The van der Waals surface area contributed by atoms with Gasteiger partial charge in [0.15, 0.2) is 0 Å². The minimum atomic E-state index is 0.988. The van der Waals surface area contributed by atoms with Crippen LogP contribution in [0.3, 0.4) is 0 Å². The van der Waals surface area contributed by atoms with Crippen molar-refractivity contribution in [3.05, 3.63) is 72.6 Å². The van der Waals surface area contributed by atoms with E-state index in [2.05, 4.69) is 52.9 Å². The summed E-state index contributed by atoms with van der Waals surface area (Å²) >= 11 is 0. The third-order valence-corrected chi connectivity index (χ3v) is 3.30. The molecule has 3 rings (SSSR count). The zero-order valence-corrected chi connectivity index (χ0v) is 11.0. The molecule has 0 saturated carbocycles. The Hall–Kier alpha value is -2.35. The Morgan fingerprint density at radius 2 is 1.68 bits per heavy atom. The topological polar surface area (TPSA) is 17.8 Å². The number of rotatable bonds is 3. The van der Waals surface area contributed by atoms with Crippen LogP contribution in [0.25, 0.3) is 17.1 Å². The van der Waals surface area contributed by atoms with E-state index in [1.165, 1.54) is 11.3 Å². The Morgan fingerprint density at radius 3 is 2.47 bits per heavy atom. The summed E-state index contributed by atoms with van der Waals surface area (Å²) in [5, 5.41) is 0. The zero-order valence-electron chi connectivity index (χ0n) is 11.0. The number of nitrogens with zero attached hydrogens (tertiary/aromatic N) is 2. The van der Waals surface area contributed by atoms with Crippen LogP contribution in [0.4, 0.5) is 0 Å². The van der Waals surface area contributed by atoms with Gasteiger partial charge in [0.1, 0.15) is 5.82 Å². The summed E-state index contributed by atoms with van der Waals surface area (Å²) in [5.74, 6) is 0.988. The lowest BCUT2D eigenvalue weighted by Gasteiger charge is -2.12. The van der Waals surface area contributed by atoms with Crippen molar-refractivity contribution < 1.29 is 0 Å². The third kappa shape index (κ3) is 2.17. The summed E-state index contributed by atoms with van der Waals surface area (Å²) in [5.41, 5.74) is 3.68. The van der Waals surface area contributed by atoms with Gasteiger partial charge in [0.05, 0.1) is 5.69 Å². The van der Waals surface area contributed by atoms with Gasteiger partial charge in [-0.1, -0.05) is 55.5 Å². The smallest absolute Gasteiger partial charge is 0.144 e. The first-order valence-electron chi connectivity index (χ1n) is 6.57. The van der Waals surface area contributed by atoms with E-state index < -0.39 is 0 Å². The van der Waals surface area contributed by atoms with Crippen LogP contribution in [-0.2, 0) is 6.42 Å². The van der Waals surface area contributed by atoms with Gasteiger partial charge in [-0.25, -0.2) is 4.98 Å². The average Bonchev–Trinajstić information content (AvgIpc) is 2.97. The SMILES string of the molecule is CCc1ccccc1-n1ccnc1-c1ccccc1. The fourth-order valence-corrected chi connectivity index (χ4v) is 2.34. The van der Waals surface area contributed by atoms with E-state index in [4.69, 9.17) is 0 Å². The van der Waals surface area contributed by atoms with Gasteiger partial charge in [-0.05, 0) is 18.1 Å². The van der Waals surface area contributed by atoms with Crippen molar-refractivity contribution in [1.82, 2.24) is 9.55 Å². The number of hydrogen-bond acceptors (Lipinski definition) is 1. The highest BCUT2D eigenvalue weighted by Crippen LogP contribution is 2.23. The molecule has 0 spiro atoms. The van der Waals surface area contributed by atoms with E-state index in [1.54, 1.807) is 0 Å². The zero-order chi connectivity index (χ0) is 13.1. The van der Waals surface area contributed by atoms with Gasteiger partial charge >= 0.3 is 0 Å². The molecule has 19 heavy (non-hydrogen) atoms. The fourth-order valence-electron chi connectivity index (χ4n) is 2.34. The molecular formula is C17H16N2. The third-order valence-electron chi connectivity index (χ3n) is 3.30. The van der Waals surface area contributed by atoms with Crippen molar-refractivity contribution in [3.8, 4) is 17.1 Å². The second-order valence-corrected chi connectivity index (χ2v) is 4.47. The molecule has 0 unspecified atom stereocenters. The molecule has 0 atom stereocenters. The largest absolute Gasteiger partial charge is 0.300 e. The molecule has 2 heteroatoms. The summed E-state index contributed by atoms with van der Waals surface area (Å²) in [6, 6.07) is 18.8. The van der Waals surface area contributed by atoms with Crippen LogP contribution in [0.2, 0.25) is 0 Å². The van der Waals surface area contributed by atoms with Crippen molar-refractivity contribution in [2.75, 3.05) is 0 Å². The molecular weight excluding hydrogens is 232 g/mol. The first-order chi connectivity index (χ1) is 9.40. The maximum absolute atomic E-state index is 4.50. The molecule has 0 N–H and O–H groups in total. The number of aromatic nitrogens is 2. The molecule has 1 aromatic heterocycles. The minimum Gasteiger partial charge on any atom is -0.300 e. The molecule has 1 heterocycles. The van der Waals surface area contributed by atoms with E-state index >= 15 is 0 Å². The molecule has 2 nitrogen and oxygen atoms in total. The van der Waals surface area contributed by atoms with Gasteiger partial charge in [-0.15, -0.1) is 0 Å². The Morgan fingerprint density at radius 1 is 0.947 bits per heavy atom. The monoisotopic (exact) mass is 248 g/mol. The van der Waals surface area contributed by atoms with Crippen molar-refractivity contribution >= 4 is 0 Å². The number of para-hydroxylation sites is 1. The minimum absolute atomic E-state index is 0.988.